The summed E-state index contributed by atoms with van der Waals surface area (Å²) in [5.41, 5.74) is 0. The van der Waals surface area contributed by atoms with Crippen LogP contribution in [-0.2, 0) is 9.59 Å². The molecule has 4 aliphatic heterocycles. The number of ketones is 1. The van der Waals surface area contributed by atoms with Gasteiger partial charge in [-0.2, -0.15) is 5.26 Å². The van der Waals surface area contributed by atoms with Gasteiger partial charge in [0, 0.05) is 38.8 Å². The third-order valence-electron chi connectivity index (χ3n) is 7.91. The van der Waals surface area contributed by atoms with Crippen molar-refractivity contribution in [2.45, 2.75) is 63.2 Å². The van der Waals surface area contributed by atoms with Crippen LogP contribution >= 0.6 is 0 Å². The maximum absolute atomic E-state index is 13.5. The zero-order valence-electron chi connectivity index (χ0n) is 17.7. The van der Waals surface area contributed by atoms with Crippen molar-refractivity contribution in [2.75, 3.05) is 39.3 Å². The van der Waals surface area contributed by atoms with Gasteiger partial charge in [-0.1, -0.05) is 19.8 Å². The van der Waals surface area contributed by atoms with Gasteiger partial charge in [0.15, 0.2) is 5.78 Å². The van der Waals surface area contributed by atoms with Crippen molar-refractivity contribution in [1.82, 2.24) is 30.7 Å². The van der Waals surface area contributed by atoms with Crippen LogP contribution in [0.2, 0.25) is 0 Å². The van der Waals surface area contributed by atoms with Crippen molar-refractivity contribution in [3.8, 4) is 6.07 Å². The summed E-state index contributed by atoms with van der Waals surface area (Å²) < 4.78 is 0. The van der Waals surface area contributed by atoms with Crippen LogP contribution in [0.3, 0.4) is 0 Å². The van der Waals surface area contributed by atoms with E-state index in [0.29, 0.717) is 6.54 Å². The zero-order valence-corrected chi connectivity index (χ0v) is 17.7. The highest BCUT2D eigenvalue weighted by atomic mass is 16.2. The predicted molar refractivity (Wildman–Crippen MR) is 110 cm³/mol. The molecule has 164 valence electrons. The van der Waals surface area contributed by atoms with E-state index in [4.69, 9.17) is 0 Å². The van der Waals surface area contributed by atoms with Crippen LogP contribution in [0.25, 0.3) is 0 Å². The Labute approximate surface area is 178 Å². The van der Waals surface area contributed by atoms with Crippen molar-refractivity contribution in [3.05, 3.63) is 0 Å². The first-order chi connectivity index (χ1) is 14.6. The summed E-state index contributed by atoms with van der Waals surface area (Å²) in [4.78, 5) is 33.4. The molecule has 4 heterocycles. The summed E-state index contributed by atoms with van der Waals surface area (Å²) in [5, 5.41) is 20.4. The molecule has 1 aliphatic carbocycles. The minimum Gasteiger partial charge on any atom is -0.319 e. The normalized spacial score (nSPS) is 42.8. The molecule has 7 unspecified atom stereocenters. The lowest BCUT2D eigenvalue weighted by atomic mass is 9.76. The summed E-state index contributed by atoms with van der Waals surface area (Å²) in [6.07, 6.45) is 3.42. The smallest absolute Gasteiger partial charge is 0.228 e. The molecule has 1 amide bonds. The second-order valence-corrected chi connectivity index (χ2v) is 9.36. The monoisotopic (exact) mass is 415 g/mol. The molecule has 5 rings (SSSR count). The summed E-state index contributed by atoms with van der Waals surface area (Å²) in [6.45, 7) is 7.70. The lowest BCUT2D eigenvalue weighted by Crippen LogP contribution is -2.81. The zero-order chi connectivity index (χ0) is 20.8. The van der Waals surface area contributed by atoms with Gasteiger partial charge < -0.3 is 9.80 Å². The summed E-state index contributed by atoms with van der Waals surface area (Å²) >= 11 is 0. The molecule has 0 aromatic heterocycles. The predicted octanol–water partition coefficient (Wildman–Crippen LogP) is -1.12. The highest BCUT2D eigenvalue weighted by Gasteiger charge is 2.57. The van der Waals surface area contributed by atoms with Gasteiger partial charge in [-0.15, -0.1) is 0 Å². The number of hydrogen-bond acceptors (Lipinski definition) is 8. The second kappa shape index (κ2) is 8.17. The van der Waals surface area contributed by atoms with Crippen LogP contribution in [0.15, 0.2) is 0 Å². The first kappa shape index (κ1) is 20.3. The van der Waals surface area contributed by atoms with Crippen LogP contribution in [0.5, 0.6) is 0 Å². The fraction of sp³-hybridized carbons (Fsp3) is 0.857. The molecule has 9 heteroatoms. The molecule has 30 heavy (non-hydrogen) atoms. The molecule has 3 N–H and O–H groups in total. The van der Waals surface area contributed by atoms with Crippen LogP contribution < -0.4 is 16.0 Å². The van der Waals surface area contributed by atoms with Crippen molar-refractivity contribution < 1.29 is 9.59 Å². The summed E-state index contributed by atoms with van der Waals surface area (Å²) in [5.74, 6) is -0.786. The van der Waals surface area contributed by atoms with E-state index in [0.717, 1.165) is 58.4 Å². The Balaban J connectivity index is 1.35. The summed E-state index contributed by atoms with van der Waals surface area (Å²) in [7, 11) is 0. The van der Waals surface area contributed by atoms with Crippen LogP contribution in [-0.4, -0.2) is 96.2 Å². The fourth-order valence-corrected chi connectivity index (χ4v) is 6.16. The SMILES string of the molecule is CCN1CCN(C2NCC3C(N2)C(=O)C(C#N)C2NC4CCCCC4C(=O)N32)CC1. The average Bonchev–Trinajstić information content (AvgIpc) is 2.79. The maximum atomic E-state index is 13.5. The minimum atomic E-state index is -0.818. The molecule has 0 aromatic rings. The van der Waals surface area contributed by atoms with Crippen LogP contribution in [0.1, 0.15) is 32.6 Å². The molecule has 1 saturated carbocycles. The van der Waals surface area contributed by atoms with E-state index in [-0.39, 0.29) is 36.0 Å². The quantitative estimate of drug-likeness (QED) is 0.521. The van der Waals surface area contributed by atoms with Gasteiger partial charge in [0.1, 0.15) is 18.4 Å². The van der Waals surface area contributed by atoms with E-state index >= 15 is 0 Å². The number of hydrogen-bond donors (Lipinski definition) is 3. The Bertz CT molecular complexity index is 731. The number of likely N-dealkylation sites (N-methyl/N-ethyl adjacent to an activating group) is 1. The van der Waals surface area contributed by atoms with Gasteiger partial charge in [0.05, 0.1) is 24.1 Å². The van der Waals surface area contributed by atoms with Crippen LogP contribution in [0, 0.1) is 23.2 Å². The van der Waals surface area contributed by atoms with Gasteiger partial charge in [-0.05, 0) is 19.4 Å². The largest absolute Gasteiger partial charge is 0.319 e. The van der Waals surface area contributed by atoms with E-state index in [1.165, 1.54) is 0 Å². The second-order valence-electron chi connectivity index (χ2n) is 9.36. The van der Waals surface area contributed by atoms with E-state index in [9.17, 15) is 14.9 Å². The maximum Gasteiger partial charge on any atom is 0.228 e. The first-order valence-electron chi connectivity index (χ1n) is 11.6. The first-order valence-corrected chi connectivity index (χ1v) is 11.6. The third kappa shape index (κ3) is 3.26. The van der Waals surface area contributed by atoms with Gasteiger partial charge in [0.25, 0.3) is 0 Å². The number of nitriles is 1. The number of Topliss-reactive ketones (excluding diaryl/α,β-unsaturated/α-hetero) is 1. The van der Waals surface area contributed by atoms with E-state index in [1.54, 1.807) is 0 Å². The number of piperidine rings is 1. The number of rotatable bonds is 2. The number of amides is 1. The standard InChI is InChI=1S/C21H33N7O2/c1-2-26-7-9-27(10-8-26)21-23-12-16-17(25-21)18(29)14(11-22)19-24-15-6-4-3-5-13(15)20(30)28(16)19/h13-17,19,21,23-25H,2-10,12H2,1H3. The Morgan fingerprint density at radius 2 is 1.87 bits per heavy atom. The molecule has 5 aliphatic rings. The van der Waals surface area contributed by atoms with E-state index in [1.807, 2.05) is 4.90 Å². The topological polar surface area (TPSA) is 104 Å². The lowest BCUT2D eigenvalue weighted by molar-refractivity contribution is -0.163. The molecule has 0 spiro atoms. The molecule has 0 bridgehead atoms. The van der Waals surface area contributed by atoms with Crippen molar-refractivity contribution in [1.29, 1.82) is 5.26 Å². The molecule has 4 saturated heterocycles. The van der Waals surface area contributed by atoms with E-state index in [2.05, 4.69) is 38.7 Å². The van der Waals surface area contributed by atoms with Crippen molar-refractivity contribution >= 4 is 11.7 Å². The number of nitrogens with zero attached hydrogens (tertiary/aromatic N) is 4. The molecule has 9 nitrogen and oxygen atoms in total. The molecule has 5 fully saturated rings. The van der Waals surface area contributed by atoms with Gasteiger partial charge >= 0.3 is 0 Å². The highest BCUT2D eigenvalue weighted by Crippen LogP contribution is 2.37. The Hall–Kier alpha value is -1.57. The molecular formula is C21H33N7O2. The van der Waals surface area contributed by atoms with E-state index < -0.39 is 18.1 Å². The van der Waals surface area contributed by atoms with Crippen molar-refractivity contribution in [2.24, 2.45) is 11.8 Å². The molecular weight excluding hydrogens is 382 g/mol. The number of piperazine rings is 1. The molecule has 0 radical (unpaired) electrons. The van der Waals surface area contributed by atoms with Gasteiger partial charge in [-0.3, -0.25) is 30.4 Å². The minimum absolute atomic E-state index is 0.0250. The number of fused-ring (bicyclic) bond motifs is 4. The average molecular weight is 416 g/mol. The number of nitrogens with one attached hydrogen (secondary N) is 3. The lowest BCUT2D eigenvalue weighted by Gasteiger charge is -2.57. The Kier molecular flexibility index (Phi) is 5.54. The van der Waals surface area contributed by atoms with Gasteiger partial charge in [-0.25, -0.2) is 0 Å². The number of carbonyl (C=O) groups is 2. The Morgan fingerprint density at radius 3 is 2.60 bits per heavy atom. The molecule has 7 atom stereocenters. The van der Waals surface area contributed by atoms with Crippen LogP contribution in [0.4, 0.5) is 0 Å². The number of carbonyl (C=O) groups excluding carboxylic acids is 2. The Morgan fingerprint density at radius 1 is 1.10 bits per heavy atom. The van der Waals surface area contributed by atoms with Gasteiger partial charge in [0.2, 0.25) is 5.91 Å². The van der Waals surface area contributed by atoms with Crippen molar-refractivity contribution in [3.63, 3.8) is 0 Å². The fourth-order valence-electron chi connectivity index (χ4n) is 6.16. The molecule has 0 aromatic carbocycles. The third-order valence-corrected chi connectivity index (χ3v) is 7.91. The summed E-state index contributed by atoms with van der Waals surface area (Å²) in [6, 6.07) is 1.58. The highest BCUT2D eigenvalue weighted by molar-refractivity contribution is 5.94.